The predicted molar refractivity (Wildman–Crippen MR) is 109 cm³/mol. The van der Waals surface area contributed by atoms with Crippen molar-refractivity contribution in [2.75, 3.05) is 0 Å². The molecule has 6 nitrogen and oxygen atoms in total. The van der Waals surface area contributed by atoms with E-state index < -0.39 is 11.2 Å². The number of amides is 3. The van der Waals surface area contributed by atoms with Gasteiger partial charge in [0, 0.05) is 11.5 Å². The van der Waals surface area contributed by atoms with E-state index in [0.29, 0.717) is 29.9 Å². The van der Waals surface area contributed by atoms with Crippen LogP contribution in [0.15, 0.2) is 51.7 Å². The Balaban J connectivity index is 1.58. The fraction of sp³-hybridized carbons (Fsp3) is 0.348. The molecule has 1 N–H and O–H groups in total. The third kappa shape index (κ3) is 2.82. The van der Waals surface area contributed by atoms with E-state index in [-0.39, 0.29) is 18.5 Å². The van der Waals surface area contributed by atoms with Gasteiger partial charge in [-0.05, 0) is 54.0 Å². The molecular weight excluding hydrogens is 368 g/mol. The van der Waals surface area contributed by atoms with Crippen LogP contribution in [-0.4, -0.2) is 22.4 Å². The van der Waals surface area contributed by atoms with E-state index >= 15 is 0 Å². The third-order valence-electron chi connectivity index (χ3n) is 6.42. The highest BCUT2D eigenvalue weighted by Gasteiger charge is 2.52. The van der Waals surface area contributed by atoms with Crippen molar-refractivity contribution < 1.29 is 14.0 Å². The molecule has 2 heterocycles. The van der Waals surface area contributed by atoms with Gasteiger partial charge in [-0.3, -0.25) is 9.69 Å². The summed E-state index contributed by atoms with van der Waals surface area (Å²) in [5, 5.41) is 5.64. The minimum atomic E-state index is -0.791. The molecule has 0 unspecified atom stereocenters. The van der Waals surface area contributed by atoms with E-state index in [1.165, 1.54) is 11.0 Å². The van der Waals surface area contributed by atoms with Gasteiger partial charge in [-0.2, -0.15) is 0 Å². The van der Waals surface area contributed by atoms with Crippen LogP contribution >= 0.6 is 0 Å². The molecule has 2 aliphatic rings. The minimum Gasteiger partial charge on any atom is -0.423 e. The molecule has 3 aromatic rings. The van der Waals surface area contributed by atoms with Crippen molar-refractivity contribution in [2.45, 2.75) is 44.7 Å². The van der Waals surface area contributed by atoms with Crippen molar-refractivity contribution in [3.63, 3.8) is 0 Å². The van der Waals surface area contributed by atoms with E-state index in [1.807, 2.05) is 30.3 Å². The number of nitrogens with zero attached hydrogens (tertiary/aromatic N) is 1. The number of nitrogens with one attached hydrogen (secondary N) is 1. The molecule has 1 aliphatic heterocycles. The number of carbonyl (C=O) groups is 2. The molecule has 1 saturated heterocycles. The zero-order valence-corrected chi connectivity index (χ0v) is 16.2. The molecule has 6 heteroatoms. The second-order valence-electron chi connectivity index (χ2n) is 8.34. The summed E-state index contributed by atoms with van der Waals surface area (Å²) in [7, 11) is 0. The number of carbonyl (C=O) groups excluding carboxylic acids is 2. The molecule has 0 atom stereocenters. The third-order valence-corrected chi connectivity index (χ3v) is 6.42. The van der Waals surface area contributed by atoms with Crippen molar-refractivity contribution in [1.29, 1.82) is 0 Å². The van der Waals surface area contributed by atoms with Crippen LogP contribution in [0.25, 0.3) is 21.7 Å². The maximum Gasteiger partial charge on any atom is 0.336 e. The van der Waals surface area contributed by atoms with E-state index in [0.717, 1.165) is 29.0 Å². The second kappa shape index (κ2) is 6.44. The lowest BCUT2D eigenvalue weighted by molar-refractivity contribution is -0.133. The second-order valence-corrected chi connectivity index (χ2v) is 8.34. The Morgan fingerprint density at radius 1 is 1.10 bits per heavy atom. The molecule has 148 valence electrons. The van der Waals surface area contributed by atoms with Crippen molar-refractivity contribution in [3.8, 4) is 0 Å². The number of imide groups is 1. The molecule has 0 bridgehead atoms. The van der Waals surface area contributed by atoms with Gasteiger partial charge in [-0.1, -0.05) is 37.3 Å². The normalized spacial score (nSPS) is 24.6. The first-order valence-corrected chi connectivity index (χ1v) is 10.1. The van der Waals surface area contributed by atoms with Gasteiger partial charge in [0.2, 0.25) is 0 Å². The van der Waals surface area contributed by atoms with Gasteiger partial charge in [-0.25, -0.2) is 9.59 Å². The van der Waals surface area contributed by atoms with Gasteiger partial charge in [0.1, 0.15) is 11.1 Å². The molecule has 1 saturated carbocycles. The van der Waals surface area contributed by atoms with Gasteiger partial charge in [0.15, 0.2) is 0 Å². The summed E-state index contributed by atoms with van der Waals surface area (Å²) in [5.41, 5.74) is -0.200. The Hall–Kier alpha value is -3.15. The van der Waals surface area contributed by atoms with Gasteiger partial charge in [-0.15, -0.1) is 0 Å². The van der Waals surface area contributed by atoms with Crippen LogP contribution in [0.4, 0.5) is 4.79 Å². The van der Waals surface area contributed by atoms with Gasteiger partial charge in [0.05, 0.1) is 6.54 Å². The largest absolute Gasteiger partial charge is 0.423 e. The number of rotatable bonds is 2. The summed E-state index contributed by atoms with van der Waals surface area (Å²) >= 11 is 0. The fourth-order valence-corrected chi connectivity index (χ4v) is 4.73. The lowest BCUT2D eigenvalue weighted by atomic mass is 9.77. The summed E-state index contributed by atoms with van der Waals surface area (Å²) < 4.78 is 5.39. The fourth-order valence-electron chi connectivity index (χ4n) is 4.73. The lowest BCUT2D eigenvalue weighted by Gasteiger charge is -2.33. The van der Waals surface area contributed by atoms with Crippen LogP contribution in [0.1, 0.15) is 38.2 Å². The molecule has 29 heavy (non-hydrogen) atoms. The minimum absolute atomic E-state index is 0.0536. The maximum absolute atomic E-state index is 13.2. The van der Waals surface area contributed by atoms with Crippen LogP contribution in [0.5, 0.6) is 0 Å². The molecule has 0 radical (unpaired) electrons. The van der Waals surface area contributed by atoms with E-state index in [9.17, 15) is 14.4 Å². The molecule has 5 rings (SSSR count). The maximum atomic E-state index is 13.2. The van der Waals surface area contributed by atoms with Gasteiger partial charge < -0.3 is 9.73 Å². The quantitative estimate of drug-likeness (QED) is 0.408. The van der Waals surface area contributed by atoms with Gasteiger partial charge >= 0.3 is 11.7 Å². The number of urea groups is 1. The molecular formula is C23H22N2O4. The Morgan fingerprint density at radius 2 is 1.86 bits per heavy atom. The number of hydrogen-bond donors (Lipinski definition) is 1. The summed E-state index contributed by atoms with van der Waals surface area (Å²) in [6.45, 7) is 2.23. The van der Waals surface area contributed by atoms with E-state index in [4.69, 9.17) is 4.42 Å². The number of benzene rings is 2. The molecule has 2 fully saturated rings. The van der Waals surface area contributed by atoms with Crippen LogP contribution in [0.2, 0.25) is 0 Å². The van der Waals surface area contributed by atoms with Crippen molar-refractivity contribution in [2.24, 2.45) is 5.92 Å². The first-order chi connectivity index (χ1) is 14.0. The summed E-state index contributed by atoms with van der Waals surface area (Å²) in [6.07, 6.45) is 3.16. The smallest absolute Gasteiger partial charge is 0.336 e. The van der Waals surface area contributed by atoms with Crippen LogP contribution in [0.3, 0.4) is 0 Å². The molecule has 3 amide bonds. The van der Waals surface area contributed by atoms with Crippen molar-refractivity contribution >= 4 is 33.7 Å². The molecule has 1 aliphatic carbocycles. The Morgan fingerprint density at radius 3 is 2.66 bits per heavy atom. The number of fused-ring (bicyclic) bond motifs is 3. The summed E-state index contributed by atoms with van der Waals surface area (Å²) in [6, 6.07) is 12.5. The van der Waals surface area contributed by atoms with E-state index in [1.54, 1.807) is 6.07 Å². The number of hydrogen-bond acceptors (Lipinski definition) is 4. The summed E-state index contributed by atoms with van der Waals surface area (Å²) in [4.78, 5) is 39.3. The van der Waals surface area contributed by atoms with Crippen LogP contribution in [0, 0.1) is 5.92 Å². The Bertz CT molecular complexity index is 1200. The predicted octanol–water partition coefficient (Wildman–Crippen LogP) is 3.95. The van der Waals surface area contributed by atoms with Crippen LogP contribution in [-0.2, 0) is 11.3 Å². The van der Waals surface area contributed by atoms with E-state index in [2.05, 4.69) is 12.2 Å². The lowest BCUT2D eigenvalue weighted by Crippen LogP contribution is -2.49. The highest BCUT2D eigenvalue weighted by atomic mass is 16.4. The summed E-state index contributed by atoms with van der Waals surface area (Å²) in [5.74, 6) is 0.379. The van der Waals surface area contributed by atoms with Crippen molar-refractivity contribution in [1.82, 2.24) is 10.2 Å². The average molecular weight is 390 g/mol. The first kappa shape index (κ1) is 17.9. The average Bonchev–Trinajstić information content (AvgIpc) is 2.94. The first-order valence-electron chi connectivity index (χ1n) is 10.1. The van der Waals surface area contributed by atoms with Crippen LogP contribution < -0.4 is 10.9 Å². The topological polar surface area (TPSA) is 79.6 Å². The molecule has 1 aromatic heterocycles. The standard InChI is InChI=1S/C23H22N2O4/c1-14-8-10-23(11-9-14)21(27)25(22(28)24-23)13-16-12-19(26)29-18-7-6-15-4-2-3-5-17(15)20(16)18/h2-7,12,14H,8-11,13H2,1H3,(H,24,28). The Labute approximate surface area is 167 Å². The zero-order valence-electron chi connectivity index (χ0n) is 16.2. The van der Waals surface area contributed by atoms with Gasteiger partial charge in [0.25, 0.3) is 5.91 Å². The monoisotopic (exact) mass is 390 g/mol. The molecule has 2 aromatic carbocycles. The Kier molecular flexibility index (Phi) is 3.98. The highest BCUT2D eigenvalue weighted by Crippen LogP contribution is 2.37. The SMILES string of the molecule is CC1CCC2(CC1)NC(=O)N(Cc1cc(=O)oc3ccc4ccccc4c13)C2=O. The highest BCUT2D eigenvalue weighted by molar-refractivity contribution is 6.09. The zero-order chi connectivity index (χ0) is 20.2. The molecule has 1 spiro atoms. The van der Waals surface area contributed by atoms with Crippen molar-refractivity contribution in [3.05, 3.63) is 58.4 Å².